The fraction of sp³-hybridized carbons (Fsp3) is 0.286. The van der Waals surface area contributed by atoms with Gasteiger partial charge in [0.2, 0.25) is 11.8 Å². The van der Waals surface area contributed by atoms with Crippen molar-refractivity contribution in [2.45, 2.75) is 44.9 Å². The number of nitrogens with zero attached hydrogens (tertiary/aromatic N) is 2. The number of fused-ring (bicyclic) bond motifs is 4. The molecular weight excluding hydrogens is 678 g/mol. The van der Waals surface area contributed by atoms with E-state index < -0.39 is 46.8 Å². The monoisotopic (exact) mass is 715 g/mol. The summed E-state index contributed by atoms with van der Waals surface area (Å²) in [6.45, 7) is 5.93. The summed E-state index contributed by atoms with van der Waals surface area (Å²) in [6.07, 6.45) is 2.47. The van der Waals surface area contributed by atoms with E-state index in [1.807, 2.05) is 81.4 Å². The van der Waals surface area contributed by atoms with Gasteiger partial charge in [0.1, 0.15) is 0 Å². The Bertz CT molecular complexity index is 2170. The molecule has 8 rings (SSSR count). The maximum atomic E-state index is 15.3. The molecular formula is C42H38ClN3O6. The molecule has 2 heterocycles. The topological polar surface area (TPSA) is 116 Å². The maximum absolute atomic E-state index is 15.3. The largest absolute Gasteiger partial charge is 0.504 e. The Morgan fingerprint density at radius 1 is 0.885 bits per heavy atom. The van der Waals surface area contributed by atoms with E-state index in [4.69, 9.17) is 16.3 Å². The number of hydrogen-bond donors (Lipinski definition) is 2. The lowest BCUT2D eigenvalue weighted by atomic mass is 9.49. The highest BCUT2D eigenvalue weighted by Gasteiger charge is 2.70. The molecule has 4 aromatic rings. The van der Waals surface area contributed by atoms with Gasteiger partial charge in [0.05, 0.1) is 41.2 Å². The molecule has 2 saturated heterocycles. The lowest BCUT2D eigenvalue weighted by molar-refractivity contribution is -0.138. The number of nitrogens with one attached hydrogen (secondary N) is 1. The Morgan fingerprint density at radius 3 is 2.35 bits per heavy atom. The van der Waals surface area contributed by atoms with Crippen LogP contribution in [-0.2, 0) is 24.6 Å². The van der Waals surface area contributed by atoms with Crippen LogP contribution in [0.15, 0.2) is 103 Å². The number of aromatic hydroxyl groups is 1. The van der Waals surface area contributed by atoms with E-state index in [0.717, 1.165) is 21.7 Å². The summed E-state index contributed by atoms with van der Waals surface area (Å²) in [5.41, 5.74) is 6.67. The second-order valence-corrected chi connectivity index (χ2v) is 14.6. The number of rotatable bonds is 7. The van der Waals surface area contributed by atoms with E-state index in [9.17, 15) is 19.5 Å². The first-order valence-corrected chi connectivity index (χ1v) is 18.0. The van der Waals surface area contributed by atoms with E-state index in [2.05, 4.69) is 5.43 Å². The number of imide groups is 2. The predicted molar refractivity (Wildman–Crippen MR) is 197 cm³/mol. The highest BCUT2D eigenvalue weighted by atomic mass is 35.5. The van der Waals surface area contributed by atoms with Gasteiger partial charge in [0, 0.05) is 10.9 Å². The van der Waals surface area contributed by atoms with Crippen molar-refractivity contribution < 1.29 is 29.0 Å². The minimum atomic E-state index is -1.43. The van der Waals surface area contributed by atoms with Gasteiger partial charge in [-0.2, -0.15) is 5.01 Å². The molecule has 9 nitrogen and oxygen atoms in total. The number of aryl methyl sites for hydroxylation is 2. The zero-order valence-electron chi connectivity index (χ0n) is 29.0. The molecule has 2 N–H and O–H groups in total. The molecule has 0 aromatic heterocycles. The number of carbonyl (C=O) groups excluding carboxylic acids is 4. The molecule has 2 aliphatic heterocycles. The minimum Gasteiger partial charge on any atom is -0.504 e. The smallest absolute Gasteiger partial charge is 0.260 e. The molecule has 264 valence electrons. The van der Waals surface area contributed by atoms with Gasteiger partial charge in [-0.15, -0.1) is 0 Å². The van der Waals surface area contributed by atoms with Gasteiger partial charge in [-0.3, -0.25) is 24.6 Å². The first-order valence-electron chi connectivity index (χ1n) is 17.6. The molecule has 4 aliphatic rings. The van der Waals surface area contributed by atoms with Crippen LogP contribution in [0.1, 0.15) is 47.9 Å². The van der Waals surface area contributed by atoms with Crippen molar-refractivity contribution in [1.29, 1.82) is 0 Å². The second-order valence-electron chi connectivity index (χ2n) is 14.2. The molecule has 6 atom stereocenters. The lowest BCUT2D eigenvalue weighted by Gasteiger charge is -2.50. The third-order valence-electron chi connectivity index (χ3n) is 11.4. The Kier molecular flexibility index (Phi) is 8.21. The first-order chi connectivity index (χ1) is 25.1. The second kappa shape index (κ2) is 12.7. The van der Waals surface area contributed by atoms with Crippen LogP contribution in [0, 0.1) is 37.5 Å². The summed E-state index contributed by atoms with van der Waals surface area (Å²) < 4.78 is 5.83. The summed E-state index contributed by atoms with van der Waals surface area (Å²) in [5, 5.41) is 12.4. The van der Waals surface area contributed by atoms with Gasteiger partial charge in [0.25, 0.3) is 11.8 Å². The molecule has 0 radical (unpaired) electrons. The number of allylic oxidation sites excluding steroid dienone is 2. The maximum Gasteiger partial charge on any atom is 0.260 e. The quantitative estimate of drug-likeness (QED) is 0.153. The number of hydrogen-bond acceptors (Lipinski definition) is 7. The van der Waals surface area contributed by atoms with Gasteiger partial charge in [-0.25, -0.2) is 4.90 Å². The third-order valence-corrected chi connectivity index (χ3v) is 11.8. The van der Waals surface area contributed by atoms with Crippen molar-refractivity contribution in [3.63, 3.8) is 0 Å². The average Bonchev–Trinajstić information content (AvgIpc) is 3.52. The van der Waals surface area contributed by atoms with Gasteiger partial charge in [-0.1, -0.05) is 83.4 Å². The minimum absolute atomic E-state index is 0.0542. The molecule has 0 unspecified atom stereocenters. The van der Waals surface area contributed by atoms with Gasteiger partial charge in [-0.05, 0) is 92.6 Å². The normalized spacial score (nSPS) is 26.5. The van der Waals surface area contributed by atoms with Crippen LogP contribution in [0.4, 0.5) is 11.4 Å². The molecule has 0 bridgehead atoms. The molecule has 2 aliphatic carbocycles. The summed E-state index contributed by atoms with van der Waals surface area (Å²) in [6, 6.07) is 27.0. The molecule has 1 saturated carbocycles. The van der Waals surface area contributed by atoms with Crippen molar-refractivity contribution in [2.75, 3.05) is 16.9 Å². The molecule has 4 aromatic carbocycles. The highest BCUT2D eigenvalue weighted by molar-refractivity contribution is 6.32. The van der Waals surface area contributed by atoms with E-state index >= 15 is 4.79 Å². The zero-order valence-corrected chi connectivity index (χ0v) is 29.8. The highest BCUT2D eigenvalue weighted by Crippen LogP contribution is 2.64. The van der Waals surface area contributed by atoms with Crippen LogP contribution in [0.5, 0.6) is 11.5 Å². The fourth-order valence-corrected chi connectivity index (χ4v) is 9.25. The number of amides is 4. The van der Waals surface area contributed by atoms with E-state index in [0.29, 0.717) is 34.1 Å². The van der Waals surface area contributed by atoms with E-state index in [1.165, 1.54) is 4.90 Å². The summed E-state index contributed by atoms with van der Waals surface area (Å²) in [4.78, 5) is 60.0. The molecule has 3 fully saturated rings. The number of halogens is 1. The Labute approximate surface area is 306 Å². The summed E-state index contributed by atoms with van der Waals surface area (Å²) in [7, 11) is 0. The number of carbonyl (C=O) groups is 4. The number of ether oxygens (including phenoxy) is 1. The number of phenolic OH excluding ortho intramolecular Hbond substituents is 1. The van der Waals surface area contributed by atoms with Crippen molar-refractivity contribution in [3.8, 4) is 11.5 Å². The SMILES string of the molecule is CCOc1cc([C@H]2C3=CC[C@@H]4C(=O)N(c5ccc(C)c(Cl)c5)C(=O)[C@@H]4[C@@H]3C[C@H]3C(=O)N(Nc4ccc(C)cc4)C(=O)[C@@]23c2ccccc2)ccc1O. The van der Waals surface area contributed by atoms with Gasteiger partial charge in [0.15, 0.2) is 11.5 Å². The Morgan fingerprint density at radius 2 is 1.63 bits per heavy atom. The zero-order chi connectivity index (χ0) is 36.5. The van der Waals surface area contributed by atoms with Crippen LogP contribution >= 0.6 is 11.6 Å². The van der Waals surface area contributed by atoms with Gasteiger partial charge >= 0.3 is 0 Å². The number of phenols is 1. The lowest BCUT2D eigenvalue weighted by Crippen LogP contribution is -2.53. The number of hydrazine groups is 1. The predicted octanol–water partition coefficient (Wildman–Crippen LogP) is 7.25. The molecule has 4 amide bonds. The van der Waals surface area contributed by atoms with Crippen molar-refractivity contribution in [3.05, 3.63) is 130 Å². The third kappa shape index (κ3) is 4.97. The van der Waals surface area contributed by atoms with Crippen LogP contribution in [0.2, 0.25) is 5.02 Å². The van der Waals surface area contributed by atoms with Crippen molar-refractivity contribution in [2.24, 2.45) is 23.7 Å². The Hall–Kier alpha value is -5.41. The number of benzene rings is 4. The van der Waals surface area contributed by atoms with Crippen molar-refractivity contribution in [1.82, 2.24) is 5.01 Å². The van der Waals surface area contributed by atoms with Crippen LogP contribution < -0.4 is 15.1 Å². The summed E-state index contributed by atoms with van der Waals surface area (Å²) in [5.74, 6) is -4.86. The van der Waals surface area contributed by atoms with E-state index in [1.54, 1.807) is 36.4 Å². The average molecular weight is 716 g/mol. The van der Waals surface area contributed by atoms with Crippen LogP contribution in [-0.4, -0.2) is 40.4 Å². The van der Waals surface area contributed by atoms with Crippen LogP contribution in [0.3, 0.4) is 0 Å². The van der Waals surface area contributed by atoms with Crippen molar-refractivity contribution >= 4 is 46.6 Å². The fourth-order valence-electron chi connectivity index (χ4n) is 9.08. The van der Waals surface area contributed by atoms with Gasteiger partial charge < -0.3 is 9.84 Å². The van der Waals surface area contributed by atoms with E-state index in [-0.39, 0.29) is 36.2 Å². The molecule has 52 heavy (non-hydrogen) atoms. The van der Waals surface area contributed by atoms with Crippen LogP contribution in [0.25, 0.3) is 0 Å². The number of anilines is 2. The summed E-state index contributed by atoms with van der Waals surface area (Å²) >= 11 is 6.46. The standard InChI is InChI=1S/C42H38ClN3O6/c1-4-52-35-20-25(13-19-34(35)47)37-29-17-18-30-36(40(50)45(38(30)48)28-16-12-24(3)33(43)21-28)31(29)22-32-39(49)46(44-27-14-10-23(2)11-15-27)41(51)42(32,37)26-8-6-5-7-9-26/h5-17,19-21,30-32,36-37,44,47H,4,18,22H2,1-3H3/t30-,31+,32-,36-,37-,42+/m0/s1. The molecule has 10 heteroatoms. The molecule has 0 spiro atoms. The first kappa shape index (κ1) is 33.7. The Balaban J connectivity index is 1.32.